The molecule has 1 aliphatic carbocycles. The number of thiophene rings is 1. The van der Waals surface area contributed by atoms with Gasteiger partial charge in [0.2, 0.25) is 0 Å². The minimum atomic E-state index is -1.06. The van der Waals surface area contributed by atoms with Gasteiger partial charge in [0.25, 0.3) is 0 Å². The van der Waals surface area contributed by atoms with Crippen LogP contribution in [-0.4, -0.2) is 29.3 Å². The fourth-order valence-electron chi connectivity index (χ4n) is 4.95. The number of fused-ring (bicyclic) bond motifs is 2. The maximum Gasteiger partial charge on any atom is 0.337 e. The second-order valence-electron chi connectivity index (χ2n) is 8.18. The maximum absolute atomic E-state index is 12.2. The van der Waals surface area contributed by atoms with E-state index in [1.807, 2.05) is 20.8 Å². The number of carboxylic acid groups (broad SMARTS) is 1. The van der Waals surface area contributed by atoms with Crippen molar-refractivity contribution in [1.82, 2.24) is 4.98 Å². The van der Waals surface area contributed by atoms with E-state index in [9.17, 15) is 9.90 Å². The van der Waals surface area contributed by atoms with Crippen molar-refractivity contribution in [2.45, 2.75) is 52.1 Å². The molecule has 2 aliphatic rings. The lowest BCUT2D eigenvalue weighted by Crippen LogP contribution is -2.21. The third-order valence-corrected chi connectivity index (χ3v) is 7.37. The van der Waals surface area contributed by atoms with E-state index in [1.165, 1.54) is 10.4 Å². The molecule has 6 heteroatoms. The van der Waals surface area contributed by atoms with E-state index < -0.39 is 12.1 Å². The molecule has 2 aromatic heterocycles. The van der Waals surface area contributed by atoms with Crippen molar-refractivity contribution < 1.29 is 19.4 Å². The van der Waals surface area contributed by atoms with Crippen LogP contribution < -0.4 is 4.74 Å². The first kappa shape index (κ1) is 19.5. The SMILES string of the molecule is CCO[C@H](C(=O)O)c1c(C)nc2sc3c4c2c1-c1ccc(C)cc1OCC4CCC3. The number of pyridine rings is 1. The van der Waals surface area contributed by atoms with Crippen LogP contribution in [0.15, 0.2) is 18.2 Å². The molecule has 0 amide bonds. The summed E-state index contributed by atoms with van der Waals surface area (Å²) in [5, 5.41) is 11.1. The van der Waals surface area contributed by atoms with Gasteiger partial charge in [-0.15, -0.1) is 11.3 Å². The summed E-state index contributed by atoms with van der Waals surface area (Å²) in [5.74, 6) is 0.130. The molecule has 1 N–H and O–H groups in total. The van der Waals surface area contributed by atoms with Crippen LogP contribution in [0.2, 0.25) is 0 Å². The average Bonchev–Trinajstić information content (AvgIpc) is 3.07. The summed E-state index contributed by atoms with van der Waals surface area (Å²) in [4.78, 5) is 19.5. The molecule has 3 heterocycles. The fraction of sp³-hybridized carbons (Fsp3) is 0.417. The third-order valence-electron chi connectivity index (χ3n) is 6.21. The smallest absolute Gasteiger partial charge is 0.337 e. The number of aliphatic carboxylic acids is 1. The minimum Gasteiger partial charge on any atom is -0.492 e. The van der Waals surface area contributed by atoms with E-state index in [-0.39, 0.29) is 0 Å². The van der Waals surface area contributed by atoms with Gasteiger partial charge in [-0.05, 0) is 57.2 Å². The standard InChI is InChI=1S/C24H25NO4S/c1-4-28-22(24(26)27)18-13(3)25-23-21-19-14(6-5-7-17(19)30-23)11-29-16-10-12(2)8-9-15(16)20(18)21/h8-10,14,22H,4-7,11H2,1-3H3,(H,26,27)/t14?,22-/m0/s1. The van der Waals surface area contributed by atoms with Crippen molar-refractivity contribution in [3.63, 3.8) is 0 Å². The van der Waals surface area contributed by atoms with Crippen LogP contribution in [-0.2, 0) is 16.0 Å². The molecule has 1 unspecified atom stereocenters. The zero-order chi connectivity index (χ0) is 21.0. The number of carboxylic acids is 1. The predicted molar refractivity (Wildman–Crippen MR) is 118 cm³/mol. The first-order valence-electron chi connectivity index (χ1n) is 10.5. The quantitative estimate of drug-likeness (QED) is 0.595. The van der Waals surface area contributed by atoms with Gasteiger partial charge in [0.05, 0.1) is 6.61 Å². The Morgan fingerprint density at radius 2 is 2.23 bits per heavy atom. The molecule has 0 bridgehead atoms. The van der Waals surface area contributed by atoms with Gasteiger partial charge in [-0.2, -0.15) is 0 Å². The van der Waals surface area contributed by atoms with Crippen molar-refractivity contribution >= 4 is 27.5 Å². The highest BCUT2D eigenvalue weighted by atomic mass is 32.1. The lowest BCUT2D eigenvalue weighted by atomic mass is 9.81. The van der Waals surface area contributed by atoms with Crippen molar-refractivity contribution in [3.8, 4) is 16.9 Å². The third kappa shape index (κ3) is 2.93. The Morgan fingerprint density at radius 1 is 1.40 bits per heavy atom. The number of aryl methyl sites for hydroxylation is 3. The molecule has 0 radical (unpaired) electrons. The normalized spacial score (nSPS) is 18.3. The number of carbonyl (C=O) groups is 1. The Balaban J connectivity index is 1.94. The van der Waals surface area contributed by atoms with Crippen molar-refractivity contribution in [2.75, 3.05) is 13.2 Å². The lowest BCUT2D eigenvalue weighted by molar-refractivity contribution is -0.150. The molecule has 0 saturated carbocycles. The largest absolute Gasteiger partial charge is 0.492 e. The average molecular weight is 424 g/mol. The Labute approximate surface area is 179 Å². The second kappa shape index (κ2) is 7.36. The summed E-state index contributed by atoms with van der Waals surface area (Å²) < 4.78 is 12.1. The van der Waals surface area contributed by atoms with Crippen LogP contribution in [0.1, 0.15) is 59.0 Å². The summed E-state index contributed by atoms with van der Waals surface area (Å²) in [6.07, 6.45) is 2.21. The van der Waals surface area contributed by atoms with Crippen LogP contribution >= 0.6 is 11.3 Å². The Kier molecular flexibility index (Phi) is 4.79. The fourth-order valence-corrected chi connectivity index (χ4v) is 6.31. The Morgan fingerprint density at radius 3 is 3.00 bits per heavy atom. The summed E-state index contributed by atoms with van der Waals surface area (Å²) >= 11 is 1.76. The zero-order valence-corrected chi connectivity index (χ0v) is 18.3. The first-order valence-corrected chi connectivity index (χ1v) is 11.3. The highest BCUT2D eigenvalue weighted by Gasteiger charge is 2.35. The van der Waals surface area contributed by atoms with E-state index in [1.54, 1.807) is 11.3 Å². The van der Waals surface area contributed by atoms with Gasteiger partial charge in [-0.25, -0.2) is 9.78 Å². The van der Waals surface area contributed by atoms with Gasteiger partial charge in [0, 0.05) is 45.2 Å². The highest BCUT2D eigenvalue weighted by molar-refractivity contribution is 7.19. The van der Waals surface area contributed by atoms with Crippen molar-refractivity contribution in [3.05, 3.63) is 45.5 Å². The molecular weight excluding hydrogens is 398 g/mol. The lowest BCUT2D eigenvalue weighted by Gasteiger charge is -2.29. The van der Waals surface area contributed by atoms with Crippen LogP contribution in [0.3, 0.4) is 0 Å². The molecule has 5 nitrogen and oxygen atoms in total. The first-order chi connectivity index (χ1) is 14.5. The second-order valence-corrected chi connectivity index (χ2v) is 9.26. The number of ether oxygens (including phenoxy) is 2. The van der Waals surface area contributed by atoms with Crippen molar-refractivity contribution in [2.24, 2.45) is 0 Å². The molecule has 1 aliphatic heterocycles. The van der Waals surface area contributed by atoms with Crippen LogP contribution in [0.4, 0.5) is 0 Å². The number of benzene rings is 1. The van der Waals surface area contributed by atoms with Gasteiger partial charge >= 0.3 is 5.97 Å². The van der Waals surface area contributed by atoms with Gasteiger partial charge in [-0.3, -0.25) is 0 Å². The molecule has 5 rings (SSSR count). The van der Waals surface area contributed by atoms with Gasteiger partial charge in [0.15, 0.2) is 6.10 Å². The Bertz CT molecular complexity index is 1170. The molecule has 156 valence electrons. The molecule has 0 saturated heterocycles. The Hall–Kier alpha value is -2.44. The molecule has 30 heavy (non-hydrogen) atoms. The minimum absolute atomic E-state index is 0.308. The molecular formula is C24H25NO4S. The van der Waals surface area contributed by atoms with Gasteiger partial charge in [0.1, 0.15) is 10.6 Å². The highest BCUT2D eigenvalue weighted by Crippen LogP contribution is 2.51. The van der Waals surface area contributed by atoms with Crippen molar-refractivity contribution in [1.29, 1.82) is 0 Å². The number of hydrogen-bond acceptors (Lipinski definition) is 5. The summed E-state index contributed by atoms with van der Waals surface area (Å²) in [6, 6.07) is 6.17. The van der Waals surface area contributed by atoms with E-state index in [0.29, 0.717) is 30.4 Å². The van der Waals surface area contributed by atoms with Crippen LogP contribution in [0, 0.1) is 13.8 Å². The molecule has 0 spiro atoms. The molecule has 3 aromatic rings. The summed E-state index contributed by atoms with van der Waals surface area (Å²) in [7, 11) is 0. The monoisotopic (exact) mass is 423 g/mol. The van der Waals surface area contributed by atoms with E-state index in [4.69, 9.17) is 14.5 Å². The van der Waals surface area contributed by atoms with E-state index in [0.717, 1.165) is 51.9 Å². The van der Waals surface area contributed by atoms with Crippen LogP contribution in [0.25, 0.3) is 21.3 Å². The zero-order valence-electron chi connectivity index (χ0n) is 17.4. The number of hydrogen-bond donors (Lipinski definition) is 1. The molecule has 0 fully saturated rings. The number of nitrogens with zero attached hydrogens (tertiary/aromatic N) is 1. The number of aromatic nitrogens is 1. The summed E-state index contributed by atoms with van der Waals surface area (Å²) in [6.45, 7) is 6.72. The van der Waals surface area contributed by atoms with Crippen LogP contribution in [0.5, 0.6) is 5.75 Å². The molecule has 1 aromatic carbocycles. The van der Waals surface area contributed by atoms with E-state index in [2.05, 4.69) is 18.2 Å². The van der Waals surface area contributed by atoms with Gasteiger partial charge < -0.3 is 14.6 Å². The molecule has 2 atom stereocenters. The summed E-state index contributed by atoms with van der Waals surface area (Å²) in [5.41, 5.74) is 5.65. The topological polar surface area (TPSA) is 68.7 Å². The van der Waals surface area contributed by atoms with E-state index >= 15 is 0 Å². The predicted octanol–water partition coefficient (Wildman–Crippen LogP) is 5.55. The van der Waals surface area contributed by atoms with Gasteiger partial charge in [-0.1, -0.05) is 12.1 Å². The number of rotatable bonds is 4. The maximum atomic E-state index is 12.2.